The highest BCUT2D eigenvalue weighted by Crippen LogP contribution is 2.45. The summed E-state index contributed by atoms with van der Waals surface area (Å²) in [7, 11) is -1.31. The predicted octanol–water partition coefficient (Wildman–Crippen LogP) is 3.36. The minimum Gasteiger partial charge on any atom is -0.414 e. The molecule has 0 radical (unpaired) electrons. The number of unbranched alkanes of at least 4 members (excludes halogenated alkanes) is 1. The van der Waals surface area contributed by atoms with Gasteiger partial charge in [-0.3, -0.25) is 9.59 Å². The molecule has 0 aromatic rings. The maximum absolute atomic E-state index is 12.3. The van der Waals surface area contributed by atoms with Crippen LogP contribution in [0.4, 0.5) is 0 Å². The van der Waals surface area contributed by atoms with Gasteiger partial charge in [0.15, 0.2) is 14.2 Å². The summed E-state index contributed by atoms with van der Waals surface area (Å²) in [6.07, 6.45) is 2.55. The fourth-order valence-electron chi connectivity index (χ4n) is 3.02. The molecule has 0 spiro atoms. The SMILES string of the molecule is CCCCSC(=O)C[C@H]1NC(=O)[C@@H]1[C@@](C)(O[SiH](C)C)C(C)(C)C. The van der Waals surface area contributed by atoms with Gasteiger partial charge in [-0.2, -0.15) is 0 Å². The van der Waals surface area contributed by atoms with E-state index in [1.54, 1.807) is 0 Å². The highest BCUT2D eigenvalue weighted by Gasteiger charge is 2.57. The summed E-state index contributed by atoms with van der Waals surface area (Å²) in [5, 5.41) is 3.10. The number of thioether (sulfide) groups is 1. The predicted molar refractivity (Wildman–Crippen MR) is 100 cm³/mol. The first kappa shape index (κ1) is 20.7. The molecule has 1 heterocycles. The lowest BCUT2D eigenvalue weighted by Crippen LogP contribution is -2.70. The molecular formula is C17H33NO3SSi. The third-order valence-electron chi connectivity index (χ3n) is 4.72. The molecule has 1 aliphatic heterocycles. The summed E-state index contributed by atoms with van der Waals surface area (Å²) in [4.78, 5) is 24.4. The van der Waals surface area contributed by atoms with Gasteiger partial charge in [0.1, 0.15) is 0 Å². The van der Waals surface area contributed by atoms with Crippen LogP contribution >= 0.6 is 11.8 Å². The first-order valence-corrected chi connectivity index (χ1v) is 12.4. The van der Waals surface area contributed by atoms with Crippen molar-refractivity contribution < 1.29 is 14.0 Å². The van der Waals surface area contributed by atoms with Crippen LogP contribution in [0.2, 0.25) is 13.1 Å². The zero-order valence-corrected chi connectivity index (χ0v) is 17.7. The Morgan fingerprint density at radius 1 is 1.30 bits per heavy atom. The van der Waals surface area contributed by atoms with Crippen LogP contribution in [0.5, 0.6) is 0 Å². The van der Waals surface area contributed by atoms with E-state index < -0.39 is 14.6 Å². The van der Waals surface area contributed by atoms with Crippen LogP contribution < -0.4 is 5.32 Å². The second kappa shape index (κ2) is 8.16. The summed E-state index contributed by atoms with van der Waals surface area (Å²) in [5.74, 6) is 0.647. The maximum atomic E-state index is 12.3. The molecule has 6 heteroatoms. The minimum atomic E-state index is -1.31. The van der Waals surface area contributed by atoms with E-state index in [1.165, 1.54) is 11.8 Å². The standard InChI is InChI=1S/C17H33NO3SSi/c1-8-9-10-22-13(19)11-12-14(15(20)18-12)17(5,16(2,3)4)21-23(6)7/h12,14,23H,8-11H2,1-7H3,(H,18,20)/t12-,14-,17-/m1/s1. The molecule has 1 amide bonds. The van der Waals surface area contributed by atoms with Crippen LogP contribution in [0.25, 0.3) is 0 Å². The topological polar surface area (TPSA) is 55.4 Å². The Hall–Kier alpha value is -0.333. The lowest BCUT2D eigenvalue weighted by molar-refractivity contribution is -0.159. The van der Waals surface area contributed by atoms with Crippen molar-refractivity contribution in [3.05, 3.63) is 0 Å². The van der Waals surface area contributed by atoms with E-state index in [0.29, 0.717) is 6.42 Å². The second-order valence-electron chi connectivity index (χ2n) is 7.89. The fraction of sp³-hybridized carbons (Fsp3) is 0.882. The quantitative estimate of drug-likeness (QED) is 0.410. The van der Waals surface area contributed by atoms with Crippen LogP contribution in [-0.2, 0) is 14.0 Å². The monoisotopic (exact) mass is 359 g/mol. The van der Waals surface area contributed by atoms with E-state index in [0.717, 1.165) is 18.6 Å². The molecule has 0 unspecified atom stereocenters. The number of hydrogen-bond acceptors (Lipinski definition) is 4. The van der Waals surface area contributed by atoms with Crippen LogP contribution in [0, 0.1) is 11.3 Å². The highest BCUT2D eigenvalue weighted by molar-refractivity contribution is 8.13. The summed E-state index contributed by atoms with van der Waals surface area (Å²) >= 11 is 1.39. The van der Waals surface area contributed by atoms with E-state index in [2.05, 4.69) is 46.1 Å². The normalized spacial score (nSPS) is 24.1. The van der Waals surface area contributed by atoms with Crippen molar-refractivity contribution in [2.75, 3.05) is 5.75 Å². The zero-order chi connectivity index (χ0) is 17.8. The Labute approximate surface area is 147 Å². The van der Waals surface area contributed by atoms with E-state index >= 15 is 0 Å². The molecule has 1 fully saturated rings. The smallest absolute Gasteiger partial charge is 0.228 e. The van der Waals surface area contributed by atoms with Crippen molar-refractivity contribution in [2.24, 2.45) is 11.3 Å². The van der Waals surface area contributed by atoms with Crippen LogP contribution in [0.15, 0.2) is 0 Å². The van der Waals surface area contributed by atoms with Crippen molar-refractivity contribution in [1.82, 2.24) is 5.32 Å². The molecule has 1 rings (SSSR count). The van der Waals surface area contributed by atoms with Gasteiger partial charge < -0.3 is 9.74 Å². The van der Waals surface area contributed by atoms with Crippen molar-refractivity contribution in [2.45, 2.75) is 78.6 Å². The Kier molecular flexibility index (Phi) is 7.35. The molecule has 3 atom stereocenters. The third-order valence-corrected chi connectivity index (χ3v) is 6.67. The summed E-state index contributed by atoms with van der Waals surface area (Å²) in [6, 6.07) is -0.0962. The molecule has 1 aliphatic rings. The van der Waals surface area contributed by atoms with Gasteiger partial charge in [-0.15, -0.1) is 0 Å². The van der Waals surface area contributed by atoms with Gasteiger partial charge in [0, 0.05) is 12.2 Å². The van der Waals surface area contributed by atoms with Gasteiger partial charge in [-0.25, -0.2) is 0 Å². The molecule has 0 aromatic heterocycles. The number of carbonyl (C=O) groups excluding carboxylic acids is 2. The average Bonchev–Trinajstić information content (AvgIpc) is 2.35. The number of hydrogen-bond donors (Lipinski definition) is 1. The number of nitrogens with one attached hydrogen (secondary N) is 1. The molecule has 0 saturated carbocycles. The van der Waals surface area contributed by atoms with Crippen molar-refractivity contribution in [1.29, 1.82) is 0 Å². The number of rotatable bonds is 8. The van der Waals surface area contributed by atoms with Gasteiger partial charge in [0.25, 0.3) is 0 Å². The second-order valence-corrected chi connectivity index (χ2v) is 11.4. The zero-order valence-electron chi connectivity index (χ0n) is 15.7. The molecule has 0 bridgehead atoms. The summed E-state index contributed by atoms with van der Waals surface area (Å²) in [6.45, 7) is 14.8. The van der Waals surface area contributed by atoms with E-state index in [1.807, 2.05) is 6.92 Å². The Bertz CT molecular complexity index is 436. The van der Waals surface area contributed by atoms with Crippen molar-refractivity contribution in [3.8, 4) is 0 Å². The van der Waals surface area contributed by atoms with E-state index in [9.17, 15) is 9.59 Å². The van der Waals surface area contributed by atoms with Gasteiger partial charge in [0.05, 0.1) is 17.6 Å². The lowest BCUT2D eigenvalue weighted by Gasteiger charge is -2.54. The Morgan fingerprint density at radius 2 is 1.91 bits per heavy atom. The molecule has 134 valence electrons. The first-order chi connectivity index (χ1) is 10.5. The Morgan fingerprint density at radius 3 is 2.35 bits per heavy atom. The summed E-state index contributed by atoms with van der Waals surface area (Å²) in [5.41, 5.74) is -0.696. The van der Waals surface area contributed by atoms with Crippen molar-refractivity contribution >= 4 is 31.8 Å². The molecular weight excluding hydrogens is 326 g/mol. The highest BCUT2D eigenvalue weighted by atomic mass is 32.2. The summed E-state index contributed by atoms with van der Waals surface area (Å²) < 4.78 is 6.35. The fourth-order valence-corrected chi connectivity index (χ4v) is 5.46. The Balaban J connectivity index is 2.81. The van der Waals surface area contributed by atoms with Gasteiger partial charge in [-0.05, 0) is 31.9 Å². The molecule has 1 saturated heterocycles. The van der Waals surface area contributed by atoms with Crippen LogP contribution in [-0.4, -0.2) is 37.5 Å². The first-order valence-electron chi connectivity index (χ1n) is 8.66. The number of carbonyl (C=O) groups is 2. The molecule has 0 aromatic carbocycles. The minimum absolute atomic E-state index is 0.0217. The number of amides is 1. The largest absolute Gasteiger partial charge is 0.414 e. The van der Waals surface area contributed by atoms with Gasteiger partial charge in [-0.1, -0.05) is 45.9 Å². The third kappa shape index (κ3) is 5.07. The van der Waals surface area contributed by atoms with Crippen molar-refractivity contribution in [3.63, 3.8) is 0 Å². The maximum Gasteiger partial charge on any atom is 0.228 e. The van der Waals surface area contributed by atoms with Gasteiger partial charge in [0.2, 0.25) is 5.91 Å². The molecule has 4 nitrogen and oxygen atoms in total. The average molecular weight is 360 g/mol. The molecule has 1 N–H and O–H groups in total. The van der Waals surface area contributed by atoms with Crippen LogP contribution in [0.3, 0.4) is 0 Å². The van der Waals surface area contributed by atoms with E-state index in [-0.39, 0.29) is 28.4 Å². The number of β-lactam (4-membered cyclic amide) rings is 1. The van der Waals surface area contributed by atoms with E-state index in [4.69, 9.17) is 4.43 Å². The molecule has 23 heavy (non-hydrogen) atoms. The lowest BCUT2D eigenvalue weighted by atomic mass is 9.64. The molecule has 0 aliphatic carbocycles. The van der Waals surface area contributed by atoms with Gasteiger partial charge >= 0.3 is 0 Å². The van der Waals surface area contributed by atoms with Crippen LogP contribution in [0.1, 0.15) is 53.9 Å².